The lowest BCUT2D eigenvalue weighted by molar-refractivity contribution is 0.0695. The van der Waals surface area contributed by atoms with Gasteiger partial charge in [-0.2, -0.15) is 0 Å². The van der Waals surface area contributed by atoms with Gasteiger partial charge in [0.2, 0.25) is 5.43 Å². The second kappa shape index (κ2) is 8.09. The van der Waals surface area contributed by atoms with Crippen molar-refractivity contribution < 1.29 is 19.0 Å². The van der Waals surface area contributed by atoms with E-state index < -0.39 is 22.8 Å². The van der Waals surface area contributed by atoms with Crippen molar-refractivity contribution in [1.29, 1.82) is 0 Å². The highest BCUT2D eigenvalue weighted by Gasteiger charge is 2.29. The van der Waals surface area contributed by atoms with E-state index in [1.165, 1.54) is 6.20 Å². The Morgan fingerprint density at radius 3 is 2.83 bits per heavy atom. The summed E-state index contributed by atoms with van der Waals surface area (Å²) >= 11 is 0. The van der Waals surface area contributed by atoms with E-state index in [0.717, 1.165) is 42.6 Å². The third kappa shape index (κ3) is 3.36. The number of nitrogens with zero attached hydrogens (tertiary/aromatic N) is 2. The van der Waals surface area contributed by atoms with Crippen LogP contribution in [0.5, 0.6) is 11.5 Å². The smallest absolute Gasteiger partial charge is 0.341 e. The Morgan fingerprint density at radius 1 is 1.23 bits per heavy atom. The van der Waals surface area contributed by atoms with Gasteiger partial charge in [0.1, 0.15) is 16.8 Å². The maximum Gasteiger partial charge on any atom is 0.341 e. The summed E-state index contributed by atoms with van der Waals surface area (Å²) in [6.07, 6.45) is 4.43. The zero-order valence-electron chi connectivity index (χ0n) is 19.2. The molecule has 1 fully saturated rings. The van der Waals surface area contributed by atoms with Crippen LogP contribution in [0.3, 0.4) is 0 Å². The molecule has 4 aromatic rings. The lowest BCUT2D eigenvalue weighted by atomic mass is 10.0. The number of aromatic nitrogens is 1. The number of pyridine rings is 1. The zero-order chi connectivity index (χ0) is 24.3. The van der Waals surface area contributed by atoms with Gasteiger partial charge in [0, 0.05) is 24.2 Å². The van der Waals surface area contributed by atoms with Crippen molar-refractivity contribution in [1.82, 2.24) is 9.47 Å². The number of carboxylic acids is 1. The number of anilines is 1. The molecule has 1 unspecified atom stereocenters. The van der Waals surface area contributed by atoms with E-state index in [-0.39, 0.29) is 16.8 Å². The molecule has 0 bridgehead atoms. The van der Waals surface area contributed by atoms with Gasteiger partial charge in [-0.05, 0) is 50.4 Å². The van der Waals surface area contributed by atoms with Gasteiger partial charge in [0.15, 0.2) is 17.3 Å². The average molecular weight is 474 g/mol. The second-order valence-electron chi connectivity index (χ2n) is 9.23. The fourth-order valence-corrected chi connectivity index (χ4v) is 5.40. The van der Waals surface area contributed by atoms with Crippen LogP contribution < -0.4 is 15.5 Å². The van der Waals surface area contributed by atoms with Gasteiger partial charge >= 0.3 is 5.97 Å². The lowest BCUT2D eigenvalue weighted by Gasteiger charge is -2.27. The molecule has 1 saturated heterocycles. The predicted molar refractivity (Wildman–Crippen MR) is 133 cm³/mol. The van der Waals surface area contributed by atoms with Gasteiger partial charge in [-0.3, -0.25) is 4.79 Å². The van der Waals surface area contributed by atoms with Crippen LogP contribution in [0.4, 0.5) is 10.1 Å². The molecule has 0 radical (unpaired) electrons. The van der Waals surface area contributed by atoms with E-state index in [1.54, 1.807) is 10.6 Å². The number of aromatic carboxylic acids is 1. The summed E-state index contributed by atoms with van der Waals surface area (Å²) in [4.78, 5) is 27.2. The number of fused-ring (bicyclic) bond motifs is 4. The molecule has 3 heterocycles. The summed E-state index contributed by atoms with van der Waals surface area (Å²) < 4.78 is 23.3. The highest BCUT2D eigenvalue weighted by Crippen LogP contribution is 2.47. The predicted octanol–water partition coefficient (Wildman–Crippen LogP) is 4.98. The highest BCUT2D eigenvalue weighted by molar-refractivity contribution is 6.02. The summed E-state index contributed by atoms with van der Waals surface area (Å²) in [5, 5.41) is 14.6. The molecule has 178 valence electrons. The average Bonchev–Trinajstić information content (AvgIpc) is 3.26. The Kier molecular flexibility index (Phi) is 5.00. The Morgan fingerprint density at radius 2 is 2.06 bits per heavy atom. The molecule has 1 atom stereocenters. The summed E-state index contributed by atoms with van der Waals surface area (Å²) in [6.45, 7) is 1.60. The van der Waals surface area contributed by atoms with E-state index in [4.69, 9.17) is 4.74 Å². The molecule has 3 aromatic carbocycles. The van der Waals surface area contributed by atoms with E-state index in [2.05, 4.69) is 17.3 Å². The van der Waals surface area contributed by atoms with Crippen molar-refractivity contribution >= 4 is 33.3 Å². The minimum Gasteiger partial charge on any atom is -0.477 e. The Bertz CT molecular complexity index is 1580. The number of hydrogen-bond acceptors (Lipinski definition) is 5. The summed E-state index contributed by atoms with van der Waals surface area (Å²) in [5.41, 5.74) is -0.0175. The molecule has 7 nitrogen and oxygen atoms in total. The SMILES string of the molecule is CN1CCCC1CCNc1c(F)cc2c(=O)c(C(=O)O)cn3c2c1Oc1ccc2ccccc2c1-3. The van der Waals surface area contributed by atoms with Crippen molar-refractivity contribution in [3.8, 4) is 17.2 Å². The third-order valence-electron chi connectivity index (χ3n) is 7.19. The Labute approximate surface area is 200 Å². The Hall–Kier alpha value is -3.91. The van der Waals surface area contributed by atoms with Crippen LogP contribution in [-0.4, -0.2) is 46.7 Å². The molecular weight excluding hydrogens is 449 g/mol. The van der Waals surface area contributed by atoms with Crippen LogP contribution >= 0.6 is 0 Å². The van der Waals surface area contributed by atoms with Gasteiger partial charge in [-0.25, -0.2) is 9.18 Å². The van der Waals surface area contributed by atoms with Gasteiger partial charge in [0.05, 0.1) is 11.1 Å². The summed E-state index contributed by atoms with van der Waals surface area (Å²) in [7, 11) is 2.10. The van der Waals surface area contributed by atoms with Crippen LogP contribution in [0.1, 0.15) is 29.6 Å². The number of rotatable bonds is 5. The van der Waals surface area contributed by atoms with Gasteiger partial charge < -0.3 is 24.6 Å². The zero-order valence-corrected chi connectivity index (χ0v) is 19.2. The third-order valence-corrected chi connectivity index (χ3v) is 7.19. The molecule has 35 heavy (non-hydrogen) atoms. The Balaban J connectivity index is 1.56. The van der Waals surface area contributed by atoms with Crippen LogP contribution in [0.15, 0.2) is 53.5 Å². The fourth-order valence-electron chi connectivity index (χ4n) is 5.40. The molecule has 0 spiro atoms. The number of carbonyl (C=O) groups is 1. The van der Waals surface area contributed by atoms with Crippen molar-refractivity contribution in [2.45, 2.75) is 25.3 Å². The first-order valence-corrected chi connectivity index (χ1v) is 11.7. The van der Waals surface area contributed by atoms with Crippen molar-refractivity contribution in [2.24, 2.45) is 0 Å². The van der Waals surface area contributed by atoms with Crippen molar-refractivity contribution in [2.75, 3.05) is 25.5 Å². The van der Waals surface area contributed by atoms with Gasteiger partial charge in [0.25, 0.3) is 0 Å². The van der Waals surface area contributed by atoms with E-state index >= 15 is 4.39 Å². The largest absolute Gasteiger partial charge is 0.477 e. The monoisotopic (exact) mass is 473 g/mol. The maximum absolute atomic E-state index is 15.4. The van der Waals surface area contributed by atoms with E-state index in [9.17, 15) is 14.7 Å². The molecule has 8 heteroatoms. The number of ether oxygens (including phenoxy) is 1. The number of likely N-dealkylation sites (tertiary alicyclic amines) is 1. The standard InChI is InChI=1S/C27H24FN3O4/c1-30-12-4-6-16(30)10-11-29-22-20(28)13-18-24-26(22)35-21-9-8-15-5-2-3-7-17(15)23(21)31(24)14-19(25(18)32)27(33)34/h2-3,5,7-9,13-14,16,29H,4,6,10-12H2,1H3,(H,33,34). The molecule has 0 aliphatic carbocycles. The topological polar surface area (TPSA) is 83.8 Å². The van der Waals surface area contributed by atoms with Gasteiger partial charge in [-0.1, -0.05) is 30.3 Å². The maximum atomic E-state index is 15.4. The van der Waals surface area contributed by atoms with Crippen molar-refractivity contribution in [3.05, 3.63) is 70.3 Å². The summed E-state index contributed by atoms with van der Waals surface area (Å²) in [5.74, 6) is -1.36. The first-order valence-electron chi connectivity index (χ1n) is 11.7. The van der Waals surface area contributed by atoms with E-state index in [1.807, 2.05) is 30.3 Å². The van der Waals surface area contributed by atoms with Crippen molar-refractivity contribution in [3.63, 3.8) is 0 Å². The van der Waals surface area contributed by atoms with Crippen LogP contribution in [0.2, 0.25) is 0 Å². The normalized spacial score (nSPS) is 16.9. The molecule has 2 aliphatic rings. The molecule has 6 rings (SSSR count). The fraction of sp³-hybridized carbons (Fsp3) is 0.259. The lowest BCUT2D eigenvalue weighted by Crippen LogP contribution is -2.27. The van der Waals surface area contributed by atoms with Crippen LogP contribution in [-0.2, 0) is 0 Å². The number of benzene rings is 3. The van der Waals surface area contributed by atoms with Crippen LogP contribution in [0.25, 0.3) is 27.4 Å². The van der Waals surface area contributed by atoms with E-state index in [0.29, 0.717) is 29.5 Å². The first-order chi connectivity index (χ1) is 16.9. The number of carboxylic acid groups (broad SMARTS) is 1. The molecule has 0 amide bonds. The molecule has 1 aromatic heterocycles. The van der Waals surface area contributed by atoms with Crippen LogP contribution in [0, 0.1) is 5.82 Å². The molecular formula is C27H24FN3O4. The first kappa shape index (κ1) is 21.6. The summed E-state index contributed by atoms with van der Waals surface area (Å²) in [6, 6.07) is 12.9. The molecule has 2 aliphatic heterocycles. The number of halogens is 1. The second-order valence-corrected chi connectivity index (χ2v) is 9.23. The molecule has 2 N–H and O–H groups in total. The minimum atomic E-state index is -1.36. The molecule has 0 saturated carbocycles. The minimum absolute atomic E-state index is 0.0305. The number of hydrogen-bond donors (Lipinski definition) is 2. The quantitative estimate of drug-likeness (QED) is 0.375. The van der Waals surface area contributed by atoms with Gasteiger partial charge in [-0.15, -0.1) is 0 Å². The number of nitrogens with one attached hydrogen (secondary N) is 1. The highest BCUT2D eigenvalue weighted by atomic mass is 19.1.